The molecule has 0 aromatic carbocycles. The van der Waals surface area contributed by atoms with Gasteiger partial charge in [-0.25, -0.2) is 0 Å². The molecule has 0 saturated carbocycles. The zero-order chi connectivity index (χ0) is 9.14. The van der Waals surface area contributed by atoms with Crippen LogP contribution in [0.1, 0.15) is 6.92 Å². The lowest BCUT2D eigenvalue weighted by atomic mass is 10.3. The number of carbonyl (C=O) groups excluding carboxylic acids is 1. The zero-order valence-corrected chi connectivity index (χ0v) is 7.80. The highest BCUT2D eigenvalue weighted by molar-refractivity contribution is 6.41. The molecule has 1 heterocycles. The maximum atomic E-state index is 11.3. The molecule has 1 rings (SSSR count). The van der Waals surface area contributed by atoms with E-state index in [9.17, 15) is 4.79 Å². The SMILES string of the molecule is C=C(Cl)C(=O)N1CCOC(C)C1. The first-order valence-corrected chi connectivity index (χ1v) is 4.24. The maximum Gasteiger partial charge on any atom is 0.264 e. The minimum absolute atomic E-state index is 0.0732. The van der Waals surface area contributed by atoms with Crippen molar-refractivity contribution in [3.8, 4) is 0 Å². The van der Waals surface area contributed by atoms with Crippen LogP contribution in [0.4, 0.5) is 0 Å². The average Bonchev–Trinajstić information content (AvgIpc) is 2.03. The Bertz CT molecular complexity index is 205. The first-order valence-electron chi connectivity index (χ1n) is 3.86. The van der Waals surface area contributed by atoms with Crippen molar-refractivity contribution in [1.82, 2.24) is 4.90 Å². The molecule has 68 valence electrons. The van der Waals surface area contributed by atoms with E-state index >= 15 is 0 Å². The summed E-state index contributed by atoms with van der Waals surface area (Å²) in [5, 5.41) is 0.0732. The molecule has 1 fully saturated rings. The highest BCUT2D eigenvalue weighted by Crippen LogP contribution is 2.09. The van der Waals surface area contributed by atoms with Gasteiger partial charge in [-0.15, -0.1) is 0 Å². The Labute approximate surface area is 76.9 Å². The number of halogens is 1. The van der Waals surface area contributed by atoms with E-state index in [2.05, 4.69) is 6.58 Å². The molecule has 1 aliphatic heterocycles. The second-order valence-electron chi connectivity index (χ2n) is 2.84. The van der Waals surface area contributed by atoms with Crippen LogP contribution in [0.25, 0.3) is 0 Å². The topological polar surface area (TPSA) is 29.5 Å². The van der Waals surface area contributed by atoms with Crippen LogP contribution in [0, 0.1) is 0 Å². The maximum absolute atomic E-state index is 11.3. The van der Waals surface area contributed by atoms with Gasteiger partial charge >= 0.3 is 0 Å². The molecule has 1 unspecified atom stereocenters. The number of nitrogens with zero attached hydrogens (tertiary/aromatic N) is 1. The summed E-state index contributed by atoms with van der Waals surface area (Å²) in [5.41, 5.74) is 0. The smallest absolute Gasteiger partial charge is 0.264 e. The van der Waals surface area contributed by atoms with Gasteiger partial charge in [-0.3, -0.25) is 4.79 Å². The first-order chi connectivity index (χ1) is 5.61. The number of hydrogen-bond donors (Lipinski definition) is 0. The van der Waals surface area contributed by atoms with Gasteiger partial charge in [-0.1, -0.05) is 18.2 Å². The molecule has 1 aliphatic rings. The van der Waals surface area contributed by atoms with Gasteiger partial charge in [0.25, 0.3) is 5.91 Å². The molecule has 0 aromatic heterocycles. The number of hydrogen-bond acceptors (Lipinski definition) is 2. The van der Waals surface area contributed by atoms with Gasteiger partial charge in [0.05, 0.1) is 17.7 Å². The minimum atomic E-state index is -0.188. The summed E-state index contributed by atoms with van der Waals surface area (Å²) < 4.78 is 5.27. The molecule has 1 atom stereocenters. The second kappa shape index (κ2) is 3.92. The zero-order valence-electron chi connectivity index (χ0n) is 7.05. The summed E-state index contributed by atoms with van der Waals surface area (Å²) in [4.78, 5) is 12.9. The third-order valence-electron chi connectivity index (χ3n) is 1.76. The lowest BCUT2D eigenvalue weighted by Gasteiger charge is -2.30. The van der Waals surface area contributed by atoms with E-state index in [4.69, 9.17) is 16.3 Å². The summed E-state index contributed by atoms with van der Waals surface area (Å²) in [6.07, 6.45) is 0.0960. The van der Waals surface area contributed by atoms with Gasteiger partial charge in [0.1, 0.15) is 0 Å². The Morgan fingerprint density at radius 1 is 1.75 bits per heavy atom. The molecule has 0 bridgehead atoms. The van der Waals surface area contributed by atoms with Crippen molar-refractivity contribution in [3.05, 3.63) is 11.6 Å². The van der Waals surface area contributed by atoms with Crippen LogP contribution in [-0.2, 0) is 9.53 Å². The molecular weight excluding hydrogens is 178 g/mol. The average molecular weight is 190 g/mol. The van der Waals surface area contributed by atoms with Gasteiger partial charge < -0.3 is 9.64 Å². The largest absolute Gasteiger partial charge is 0.375 e. The third-order valence-corrected chi connectivity index (χ3v) is 1.92. The molecule has 0 N–H and O–H groups in total. The lowest BCUT2D eigenvalue weighted by Crippen LogP contribution is -2.44. The van der Waals surface area contributed by atoms with E-state index in [-0.39, 0.29) is 17.0 Å². The first kappa shape index (κ1) is 9.55. The van der Waals surface area contributed by atoms with Crippen LogP contribution in [0.5, 0.6) is 0 Å². The van der Waals surface area contributed by atoms with Crippen LogP contribution in [-0.4, -0.2) is 36.6 Å². The highest BCUT2D eigenvalue weighted by atomic mass is 35.5. The number of rotatable bonds is 1. The Hall–Kier alpha value is -0.540. The van der Waals surface area contributed by atoms with Gasteiger partial charge in [0, 0.05) is 13.1 Å². The van der Waals surface area contributed by atoms with Crippen LogP contribution in [0.3, 0.4) is 0 Å². The van der Waals surface area contributed by atoms with E-state index in [0.29, 0.717) is 19.7 Å². The van der Waals surface area contributed by atoms with Crippen LogP contribution >= 0.6 is 11.6 Å². The van der Waals surface area contributed by atoms with Crippen LogP contribution in [0.15, 0.2) is 11.6 Å². The standard InChI is InChI=1S/C8H12ClNO2/c1-6-5-10(3-4-12-6)8(11)7(2)9/h6H,2-5H2,1H3. The number of amides is 1. The van der Waals surface area contributed by atoms with Crippen molar-refractivity contribution in [1.29, 1.82) is 0 Å². The number of carbonyl (C=O) groups is 1. The van der Waals surface area contributed by atoms with E-state index in [1.807, 2.05) is 6.92 Å². The molecule has 4 heteroatoms. The van der Waals surface area contributed by atoms with E-state index < -0.39 is 0 Å². The molecule has 1 amide bonds. The van der Waals surface area contributed by atoms with Crippen molar-refractivity contribution in [2.24, 2.45) is 0 Å². The fraction of sp³-hybridized carbons (Fsp3) is 0.625. The minimum Gasteiger partial charge on any atom is -0.375 e. The van der Waals surface area contributed by atoms with E-state index in [0.717, 1.165) is 0 Å². The number of morpholine rings is 1. The van der Waals surface area contributed by atoms with Crippen molar-refractivity contribution >= 4 is 17.5 Å². The van der Waals surface area contributed by atoms with Crippen molar-refractivity contribution in [2.75, 3.05) is 19.7 Å². The van der Waals surface area contributed by atoms with Crippen molar-refractivity contribution in [3.63, 3.8) is 0 Å². The molecular formula is C8H12ClNO2. The molecule has 3 nitrogen and oxygen atoms in total. The van der Waals surface area contributed by atoms with Gasteiger partial charge in [-0.05, 0) is 6.92 Å². The molecule has 0 radical (unpaired) electrons. The quantitative estimate of drug-likeness (QED) is 0.576. The second-order valence-corrected chi connectivity index (χ2v) is 3.29. The molecule has 1 saturated heterocycles. The van der Waals surface area contributed by atoms with Crippen LogP contribution in [0.2, 0.25) is 0 Å². The Morgan fingerprint density at radius 3 is 2.92 bits per heavy atom. The van der Waals surface area contributed by atoms with E-state index in [1.165, 1.54) is 0 Å². The summed E-state index contributed by atoms with van der Waals surface area (Å²) >= 11 is 5.48. The third kappa shape index (κ3) is 2.22. The Kier molecular flexibility index (Phi) is 3.12. The molecule has 0 spiro atoms. The monoisotopic (exact) mass is 189 g/mol. The normalized spacial score (nSPS) is 23.8. The summed E-state index contributed by atoms with van der Waals surface area (Å²) in [7, 11) is 0. The fourth-order valence-electron chi connectivity index (χ4n) is 1.17. The van der Waals surface area contributed by atoms with Crippen LogP contribution < -0.4 is 0 Å². The predicted octanol–water partition coefficient (Wildman–Crippen LogP) is 0.986. The van der Waals surface area contributed by atoms with Crippen molar-refractivity contribution in [2.45, 2.75) is 13.0 Å². The molecule has 0 aliphatic carbocycles. The predicted molar refractivity (Wildman–Crippen MR) is 47.0 cm³/mol. The Morgan fingerprint density at radius 2 is 2.42 bits per heavy atom. The van der Waals surface area contributed by atoms with Gasteiger partial charge in [0.15, 0.2) is 0 Å². The number of ether oxygens (including phenoxy) is 1. The van der Waals surface area contributed by atoms with E-state index in [1.54, 1.807) is 4.90 Å². The summed E-state index contributed by atoms with van der Waals surface area (Å²) in [6, 6.07) is 0. The molecule has 0 aromatic rings. The molecule has 12 heavy (non-hydrogen) atoms. The summed E-state index contributed by atoms with van der Waals surface area (Å²) in [6.45, 7) is 7.10. The Balaban J connectivity index is 2.51. The fourth-order valence-corrected chi connectivity index (χ4v) is 1.29. The van der Waals surface area contributed by atoms with Gasteiger partial charge in [0.2, 0.25) is 0 Å². The van der Waals surface area contributed by atoms with Gasteiger partial charge in [-0.2, -0.15) is 0 Å². The summed E-state index contributed by atoms with van der Waals surface area (Å²) in [5.74, 6) is -0.188. The van der Waals surface area contributed by atoms with Crippen molar-refractivity contribution < 1.29 is 9.53 Å². The highest BCUT2D eigenvalue weighted by Gasteiger charge is 2.21. The lowest BCUT2D eigenvalue weighted by molar-refractivity contribution is -0.133.